The number of unbranched alkanes of at least 4 members (excludes halogenated alkanes) is 27. The summed E-state index contributed by atoms with van der Waals surface area (Å²) in [5, 5.41) is 10.7. The fourth-order valence-corrected chi connectivity index (χ4v) is 7.00. The van der Waals surface area contributed by atoms with E-state index in [9.17, 15) is 5.11 Å². The van der Waals surface area contributed by atoms with Gasteiger partial charge in [0.05, 0.1) is 25.5 Å². The van der Waals surface area contributed by atoms with Gasteiger partial charge in [-0.25, -0.2) is 0 Å². The number of aliphatic imine (C=N–C) groups is 1. The molecule has 2 aromatic rings. The van der Waals surface area contributed by atoms with Crippen molar-refractivity contribution < 1.29 is 19.3 Å². The van der Waals surface area contributed by atoms with Crippen molar-refractivity contribution in [1.29, 1.82) is 0 Å². The molecule has 0 saturated carbocycles. The Kier molecular flexibility index (Phi) is 30.6. The SMILES string of the molecule is CCCCCCCCCCCCOc1ccc(C=Nc2ccc(OCCCCCCCCCCCC)c(OCCCCCCCCCCCC)c2)c(O)c1. The van der Waals surface area contributed by atoms with Crippen LogP contribution in [-0.4, -0.2) is 31.1 Å². The first-order valence-corrected chi connectivity index (χ1v) is 23.1. The molecular formula is C49H83NO4. The van der Waals surface area contributed by atoms with Gasteiger partial charge >= 0.3 is 0 Å². The molecule has 0 atom stereocenters. The van der Waals surface area contributed by atoms with E-state index in [1.54, 1.807) is 12.3 Å². The number of ether oxygens (including phenoxy) is 3. The summed E-state index contributed by atoms with van der Waals surface area (Å²) in [7, 11) is 0. The number of phenolic OH excluding ortho intramolecular Hbond substituents is 1. The highest BCUT2D eigenvalue weighted by Crippen LogP contribution is 2.33. The molecule has 54 heavy (non-hydrogen) atoms. The lowest BCUT2D eigenvalue weighted by atomic mass is 10.1. The van der Waals surface area contributed by atoms with Crippen molar-refractivity contribution >= 4 is 11.9 Å². The van der Waals surface area contributed by atoms with E-state index in [2.05, 4.69) is 20.8 Å². The minimum absolute atomic E-state index is 0.174. The Hall–Kier alpha value is -2.69. The Balaban J connectivity index is 1.81. The maximum atomic E-state index is 10.7. The molecule has 1 N–H and O–H groups in total. The highest BCUT2D eigenvalue weighted by atomic mass is 16.5. The third-order valence-electron chi connectivity index (χ3n) is 10.6. The van der Waals surface area contributed by atoms with Crippen molar-refractivity contribution in [1.82, 2.24) is 0 Å². The maximum absolute atomic E-state index is 10.7. The topological polar surface area (TPSA) is 60.3 Å². The number of rotatable bonds is 38. The molecule has 2 rings (SSSR count). The predicted octanol–water partition coefficient (Wildman–Crippen LogP) is 16.0. The van der Waals surface area contributed by atoms with Crippen LogP contribution in [0.4, 0.5) is 5.69 Å². The summed E-state index contributed by atoms with van der Waals surface area (Å²) in [4.78, 5) is 4.71. The van der Waals surface area contributed by atoms with E-state index in [4.69, 9.17) is 19.2 Å². The Bertz CT molecular complexity index is 1160. The second-order valence-corrected chi connectivity index (χ2v) is 15.7. The monoisotopic (exact) mass is 750 g/mol. The molecule has 0 fully saturated rings. The second kappa shape index (κ2) is 34.8. The van der Waals surface area contributed by atoms with E-state index in [0.717, 1.165) is 36.4 Å². The Morgan fingerprint density at radius 3 is 1.24 bits per heavy atom. The van der Waals surface area contributed by atoms with Gasteiger partial charge in [0.2, 0.25) is 0 Å². The molecule has 0 amide bonds. The van der Waals surface area contributed by atoms with E-state index in [-0.39, 0.29) is 5.75 Å². The summed E-state index contributed by atoms with van der Waals surface area (Å²) in [5.41, 5.74) is 1.44. The van der Waals surface area contributed by atoms with Gasteiger partial charge in [-0.15, -0.1) is 0 Å². The van der Waals surface area contributed by atoms with Crippen LogP contribution < -0.4 is 14.2 Å². The van der Waals surface area contributed by atoms with Crippen molar-refractivity contribution in [2.75, 3.05) is 19.8 Å². The van der Waals surface area contributed by atoms with Gasteiger partial charge in [0.1, 0.15) is 11.5 Å². The molecule has 5 nitrogen and oxygen atoms in total. The maximum Gasteiger partial charge on any atom is 0.163 e. The summed E-state index contributed by atoms with van der Waals surface area (Å²) in [5.74, 6) is 2.43. The highest BCUT2D eigenvalue weighted by molar-refractivity contribution is 5.85. The predicted molar refractivity (Wildman–Crippen MR) is 234 cm³/mol. The molecule has 308 valence electrons. The number of aromatic hydroxyl groups is 1. The molecule has 0 aliphatic carbocycles. The van der Waals surface area contributed by atoms with Gasteiger partial charge in [-0.1, -0.05) is 194 Å². The smallest absolute Gasteiger partial charge is 0.163 e. The van der Waals surface area contributed by atoms with Crippen molar-refractivity contribution in [3.05, 3.63) is 42.0 Å². The molecule has 0 saturated heterocycles. The number of hydrogen-bond acceptors (Lipinski definition) is 5. The van der Waals surface area contributed by atoms with Gasteiger partial charge in [-0.2, -0.15) is 0 Å². The molecule has 0 radical (unpaired) electrons. The summed E-state index contributed by atoms with van der Waals surface area (Å²) in [6, 6.07) is 11.4. The number of benzene rings is 2. The standard InChI is InChI=1S/C49H83NO4/c1-4-7-10-13-16-19-22-25-28-31-38-52-46-36-34-44(47(51)42-46)43-50-45-35-37-48(53-39-32-29-26-23-20-17-14-11-8-5-2)49(41-45)54-40-33-30-27-24-21-18-15-12-9-6-3/h34-37,41-43,51H,4-33,38-40H2,1-3H3. The summed E-state index contributed by atoms with van der Waals surface area (Å²) >= 11 is 0. The molecule has 5 heteroatoms. The zero-order valence-corrected chi connectivity index (χ0v) is 35.5. The van der Waals surface area contributed by atoms with Gasteiger partial charge in [0.15, 0.2) is 11.5 Å². The lowest BCUT2D eigenvalue weighted by molar-refractivity contribution is 0.258. The van der Waals surface area contributed by atoms with Crippen LogP contribution in [0.5, 0.6) is 23.0 Å². The molecule has 0 unspecified atom stereocenters. The van der Waals surface area contributed by atoms with Crippen LogP contribution >= 0.6 is 0 Å². The lowest BCUT2D eigenvalue weighted by Gasteiger charge is -2.14. The number of hydrogen-bond donors (Lipinski definition) is 1. The van der Waals surface area contributed by atoms with Crippen LogP contribution in [0, 0.1) is 0 Å². The third kappa shape index (κ3) is 25.4. The van der Waals surface area contributed by atoms with Gasteiger partial charge < -0.3 is 19.3 Å². The van der Waals surface area contributed by atoms with Crippen molar-refractivity contribution in [2.45, 2.75) is 213 Å². The van der Waals surface area contributed by atoms with Gasteiger partial charge in [-0.05, 0) is 43.5 Å². The van der Waals surface area contributed by atoms with Crippen molar-refractivity contribution in [3.63, 3.8) is 0 Å². The van der Waals surface area contributed by atoms with E-state index < -0.39 is 0 Å². The van der Waals surface area contributed by atoms with Crippen LogP contribution in [0.3, 0.4) is 0 Å². The molecule has 0 spiro atoms. The van der Waals surface area contributed by atoms with Gasteiger partial charge in [0.25, 0.3) is 0 Å². The first-order valence-electron chi connectivity index (χ1n) is 23.1. The second-order valence-electron chi connectivity index (χ2n) is 15.7. The van der Waals surface area contributed by atoms with Crippen LogP contribution in [0.1, 0.15) is 219 Å². The van der Waals surface area contributed by atoms with Gasteiger partial charge in [0, 0.05) is 23.9 Å². The first-order chi connectivity index (χ1) is 26.7. The largest absolute Gasteiger partial charge is 0.507 e. The first kappa shape index (κ1) is 47.5. The summed E-state index contributed by atoms with van der Waals surface area (Å²) in [6.07, 6.45) is 40.9. The quantitative estimate of drug-likeness (QED) is 0.0548. The molecular weight excluding hydrogens is 667 g/mol. The lowest BCUT2D eigenvalue weighted by Crippen LogP contribution is -2.02. The Labute approximate surface area is 333 Å². The summed E-state index contributed by atoms with van der Waals surface area (Å²) < 4.78 is 18.5. The molecule has 0 aliphatic heterocycles. The van der Waals surface area contributed by atoms with Crippen LogP contribution in [-0.2, 0) is 0 Å². The van der Waals surface area contributed by atoms with Crippen molar-refractivity contribution in [3.8, 4) is 23.0 Å². The number of nitrogens with zero attached hydrogens (tertiary/aromatic N) is 1. The van der Waals surface area contributed by atoms with Gasteiger partial charge in [-0.3, -0.25) is 4.99 Å². The van der Waals surface area contributed by atoms with Crippen molar-refractivity contribution in [2.24, 2.45) is 4.99 Å². The number of phenols is 1. The van der Waals surface area contributed by atoms with E-state index >= 15 is 0 Å². The average Bonchev–Trinajstić information content (AvgIpc) is 3.18. The molecule has 0 aliphatic rings. The van der Waals surface area contributed by atoms with E-state index in [0.29, 0.717) is 31.1 Å². The summed E-state index contributed by atoms with van der Waals surface area (Å²) in [6.45, 7) is 8.89. The third-order valence-corrected chi connectivity index (χ3v) is 10.6. The van der Waals surface area contributed by atoms with Crippen LogP contribution in [0.15, 0.2) is 41.4 Å². The normalized spacial score (nSPS) is 11.5. The average molecular weight is 750 g/mol. The van der Waals surface area contributed by atoms with Crippen LogP contribution in [0.25, 0.3) is 0 Å². The molecule has 0 bridgehead atoms. The molecule has 0 heterocycles. The Morgan fingerprint density at radius 1 is 0.426 bits per heavy atom. The minimum Gasteiger partial charge on any atom is -0.507 e. The highest BCUT2D eigenvalue weighted by Gasteiger charge is 2.09. The van der Waals surface area contributed by atoms with E-state index in [1.165, 1.54) is 173 Å². The zero-order valence-electron chi connectivity index (χ0n) is 35.5. The zero-order chi connectivity index (χ0) is 38.6. The minimum atomic E-state index is 0.174. The fourth-order valence-electron chi connectivity index (χ4n) is 7.00. The fraction of sp³-hybridized carbons (Fsp3) is 0.735. The van der Waals surface area contributed by atoms with E-state index in [1.807, 2.05) is 30.3 Å². The Morgan fingerprint density at radius 2 is 0.815 bits per heavy atom. The molecule has 0 aromatic heterocycles. The molecule has 2 aromatic carbocycles. The van der Waals surface area contributed by atoms with Crippen LogP contribution in [0.2, 0.25) is 0 Å².